The van der Waals surface area contributed by atoms with Crippen molar-refractivity contribution in [2.24, 2.45) is 0 Å². The van der Waals surface area contributed by atoms with E-state index in [1.54, 1.807) is 7.11 Å². The number of nitrogens with one attached hydrogen (secondary N) is 2. The molecule has 1 unspecified atom stereocenters. The number of nitrogens with zero attached hydrogens (tertiary/aromatic N) is 2. The minimum Gasteiger partial charge on any atom is -0.383 e. The number of rotatable bonds is 7. The molecule has 0 radical (unpaired) electrons. The van der Waals surface area contributed by atoms with Crippen LogP contribution >= 0.6 is 0 Å². The first-order valence-corrected chi connectivity index (χ1v) is 6.85. The van der Waals surface area contributed by atoms with Gasteiger partial charge in [0.2, 0.25) is 0 Å². The Kier molecular flexibility index (Phi) is 6.02. The van der Waals surface area contributed by atoms with E-state index in [4.69, 9.17) is 4.74 Å². The molecule has 0 aromatic carbocycles. The predicted octanol–water partition coefficient (Wildman–Crippen LogP) is 2.79. The topological polar surface area (TPSA) is 59.1 Å². The minimum absolute atomic E-state index is 0.267. The van der Waals surface area contributed by atoms with Crippen LogP contribution in [0.1, 0.15) is 44.5 Å². The Labute approximate surface area is 116 Å². The smallest absolute Gasteiger partial charge is 0.135 e. The van der Waals surface area contributed by atoms with E-state index in [9.17, 15) is 0 Å². The lowest BCUT2D eigenvalue weighted by atomic mass is 10.2. The molecule has 5 heteroatoms. The maximum Gasteiger partial charge on any atom is 0.135 e. The summed E-state index contributed by atoms with van der Waals surface area (Å²) < 4.78 is 5.22. The number of anilines is 2. The zero-order chi connectivity index (χ0) is 14.4. The van der Waals surface area contributed by atoms with Crippen molar-refractivity contribution < 1.29 is 4.74 Å². The van der Waals surface area contributed by atoms with E-state index in [0.29, 0.717) is 12.5 Å². The van der Waals surface area contributed by atoms with Crippen molar-refractivity contribution in [2.75, 3.05) is 31.4 Å². The second-order valence-electron chi connectivity index (χ2n) is 5.01. The zero-order valence-electron chi connectivity index (χ0n) is 12.9. The van der Waals surface area contributed by atoms with Gasteiger partial charge in [0.25, 0.3) is 0 Å². The van der Waals surface area contributed by atoms with Crippen molar-refractivity contribution in [1.82, 2.24) is 9.97 Å². The first-order chi connectivity index (χ1) is 9.03. The summed E-state index contributed by atoms with van der Waals surface area (Å²) in [4.78, 5) is 9.17. The summed E-state index contributed by atoms with van der Waals surface area (Å²) in [7, 11) is 3.60. The highest BCUT2D eigenvalue weighted by atomic mass is 16.5. The first-order valence-electron chi connectivity index (χ1n) is 6.85. The molecule has 0 spiro atoms. The quantitative estimate of drug-likeness (QED) is 0.794. The molecule has 19 heavy (non-hydrogen) atoms. The van der Waals surface area contributed by atoms with Crippen molar-refractivity contribution in [3.8, 4) is 0 Å². The highest BCUT2D eigenvalue weighted by Crippen LogP contribution is 2.23. The van der Waals surface area contributed by atoms with Crippen LogP contribution in [0.3, 0.4) is 0 Å². The van der Waals surface area contributed by atoms with Gasteiger partial charge in [-0.15, -0.1) is 0 Å². The number of methoxy groups -OCH3 is 1. The average molecular weight is 266 g/mol. The van der Waals surface area contributed by atoms with E-state index < -0.39 is 0 Å². The van der Waals surface area contributed by atoms with E-state index in [1.165, 1.54) is 0 Å². The van der Waals surface area contributed by atoms with Gasteiger partial charge in [-0.2, -0.15) is 0 Å². The number of hydrogen-bond acceptors (Lipinski definition) is 5. The van der Waals surface area contributed by atoms with Crippen molar-refractivity contribution in [3.63, 3.8) is 0 Å². The summed E-state index contributed by atoms with van der Waals surface area (Å²) in [6.07, 6.45) is 0.989. The summed E-state index contributed by atoms with van der Waals surface area (Å²) in [6.45, 7) is 9.03. The standard InChI is InChI=1S/C14H26N4O/c1-7-11(8-19-6)16-14-10(4)13(15-5)17-12(18-14)9(2)3/h9,11H,7-8H2,1-6H3,(H2,15,16,17,18). The summed E-state index contributed by atoms with van der Waals surface area (Å²) in [5, 5.41) is 6.58. The van der Waals surface area contributed by atoms with Crippen molar-refractivity contribution >= 4 is 11.6 Å². The molecule has 108 valence electrons. The molecule has 2 N–H and O–H groups in total. The van der Waals surface area contributed by atoms with Gasteiger partial charge in [-0.05, 0) is 13.3 Å². The Bertz CT molecular complexity index is 407. The third-order valence-electron chi connectivity index (χ3n) is 3.12. The number of aromatic nitrogens is 2. The lowest BCUT2D eigenvalue weighted by Gasteiger charge is -2.20. The van der Waals surface area contributed by atoms with Crippen LogP contribution in [0.4, 0.5) is 11.6 Å². The lowest BCUT2D eigenvalue weighted by Crippen LogP contribution is -2.25. The molecule has 0 fully saturated rings. The van der Waals surface area contributed by atoms with Crippen LogP contribution in [0.25, 0.3) is 0 Å². The van der Waals surface area contributed by atoms with Crippen molar-refractivity contribution in [1.29, 1.82) is 0 Å². The highest BCUT2D eigenvalue weighted by molar-refractivity contribution is 5.57. The van der Waals surface area contributed by atoms with Gasteiger partial charge in [-0.25, -0.2) is 9.97 Å². The fourth-order valence-electron chi connectivity index (χ4n) is 1.83. The van der Waals surface area contributed by atoms with Crippen molar-refractivity contribution in [2.45, 2.75) is 46.1 Å². The summed E-state index contributed by atoms with van der Waals surface area (Å²) in [5.41, 5.74) is 1.04. The normalized spacial score (nSPS) is 12.6. The van der Waals surface area contributed by atoms with Gasteiger partial charge in [0.15, 0.2) is 0 Å². The van der Waals surface area contributed by atoms with E-state index in [0.717, 1.165) is 29.4 Å². The largest absolute Gasteiger partial charge is 0.383 e. The number of hydrogen-bond donors (Lipinski definition) is 2. The van der Waals surface area contributed by atoms with Gasteiger partial charge in [0, 0.05) is 25.6 Å². The molecule has 5 nitrogen and oxygen atoms in total. The number of ether oxygens (including phenoxy) is 1. The van der Waals surface area contributed by atoms with E-state index in [-0.39, 0.29) is 6.04 Å². The maximum atomic E-state index is 5.22. The third kappa shape index (κ3) is 4.06. The van der Waals surface area contributed by atoms with Gasteiger partial charge in [0.1, 0.15) is 17.5 Å². The van der Waals surface area contributed by atoms with Crippen LogP contribution in [0, 0.1) is 6.92 Å². The third-order valence-corrected chi connectivity index (χ3v) is 3.12. The van der Waals surface area contributed by atoms with Crippen LogP contribution < -0.4 is 10.6 Å². The maximum absolute atomic E-state index is 5.22. The van der Waals surface area contributed by atoms with Crippen LogP contribution in [0.5, 0.6) is 0 Å². The zero-order valence-corrected chi connectivity index (χ0v) is 12.9. The second-order valence-corrected chi connectivity index (χ2v) is 5.01. The molecule has 1 heterocycles. The molecule has 0 bridgehead atoms. The van der Waals surface area contributed by atoms with Crippen LogP contribution in [0.15, 0.2) is 0 Å². The molecule has 0 aliphatic heterocycles. The monoisotopic (exact) mass is 266 g/mol. The fraction of sp³-hybridized carbons (Fsp3) is 0.714. The highest BCUT2D eigenvalue weighted by Gasteiger charge is 2.15. The van der Waals surface area contributed by atoms with Gasteiger partial charge in [-0.1, -0.05) is 20.8 Å². The Hall–Kier alpha value is -1.36. The van der Waals surface area contributed by atoms with Gasteiger partial charge < -0.3 is 15.4 Å². The molecule has 1 rings (SSSR count). The summed E-state index contributed by atoms with van der Waals surface area (Å²) >= 11 is 0. The fourth-order valence-corrected chi connectivity index (χ4v) is 1.83. The Morgan fingerprint density at radius 1 is 1.21 bits per heavy atom. The Morgan fingerprint density at radius 3 is 2.32 bits per heavy atom. The minimum atomic E-state index is 0.267. The molecular weight excluding hydrogens is 240 g/mol. The molecule has 0 amide bonds. The van der Waals surface area contributed by atoms with Crippen LogP contribution in [-0.2, 0) is 4.74 Å². The van der Waals surface area contributed by atoms with Gasteiger partial charge in [-0.3, -0.25) is 0 Å². The van der Waals surface area contributed by atoms with Crippen LogP contribution in [-0.4, -0.2) is 36.8 Å². The van der Waals surface area contributed by atoms with Gasteiger partial charge >= 0.3 is 0 Å². The molecule has 0 saturated heterocycles. The van der Waals surface area contributed by atoms with E-state index in [1.807, 2.05) is 14.0 Å². The molecular formula is C14H26N4O. The molecule has 1 atom stereocenters. The lowest BCUT2D eigenvalue weighted by molar-refractivity contribution is 0.184. The second kappa shape index (κ2) is 7.28. The SMILES string of the molecule is CCC(COC)Nc1nc(C(C)C)nc(NC)c1C. The predicted molar refractivity (Wildman–Crippen MR) is 80.0 cm³/mol. The first kappa shape index (κ1) is 15.7. The van der Waals surface area contributed by atoms with Gasteiger partial charge in [0.05, 0.1) is 12.6 Å². The summed E-state index contributed by atoms with van der Waals surface area (Å²) in [5.74, 6) is 2.93. The van der Waals surface area contributed by atoms with E-state index >= 15 is 0 Å². The molecule has 1 aromatic heterocycles. The average Bonchev–Trinajstić information content (AvgIpc) is 2.39. The van der Waals surface area contributed by atoms with Crippen LogP contribution in [0.2, 0.25) is 0 Å². The van der Waals surface area contributed by atoms with Crippen molar-refractivity contribution in [3.05, 3.63) is 11.4 Å². The molecule has 1 aromatic rings. The Balaban J connectivity index is 3.07. The molecule has 0 aliphatic rings. The molecule has 0 saturated carbocycles. The molecule has 0 aliphatic carbocycles. The summed E-state index contributed by atoms with van der Waals surface area (Å²) in [6, 6.07) is 0.267. The van der Waals surface area contributed by atoms with E-state index in [2.05, 4.69) is 41.4 Å². The Morgan fingerprint density at radius 2 is 1.84 bits per heavy atom.